The molecule has 330 valence electrons. The number of ether oxygens (including phenoxy) is 1. The topological polar surface area (TPSA) is 230 Å². The van der Waals surface area contributed by atoms with Crippen LogP contribution in [0, 0.1) is 48.5 Å². The van der Waals surface area contributed by atoms with Gasteiger partial charge in [0.15, 0.2) is 17.2 Å². The number of aromatic nitrogens is 2. The van der Waals surface area contributed by atoms with E-state index in [1.807, 2.05) is 90.9 Å². The van der Waals surface area contributed by atoms with Crippen molar-refractivity contribution in [3.05, 3.63) is 142 Å². The van der Waals surface area contributed by atoms with E-state index >= 15 is 0 Å². The van der Waals surface area contributed by atoms with E-state index in [4.69, 9.17) is 10.5 Å². The first kappa shape index (κ1) is 44.0. The van der Waals surface area contributed by atoms with Crippen LogP contribution in [0.5, 0.6) is 17.4 Å². The summed E-state index contributed by atoms with van der Waals surface area (Å²) in [4.78, 5) is 10.9. The van der Waals surface area contributed by atoms with E-state index in [-0.39, 0.29) is 41.1 Å². The second-order valence-electron chi connectivity index (χ2n) is 16.0. The number of para-hydroxylation sites is 1. The number of hydrogen-bond donors (Lipinski definition) is 4. The van der Waals surface area contributed by atoms with Gasteiger partial charge in [-0.25, -0.2) is 0 Å². The summed E-state index contributed by atoms with van der Waals surface area (Å²) < 4.78 is 6.20. The highest BCUT2D eigenvalue weighted by atomic mass is 16.5. The van der Waals surface area contributed by atoms with Gasteiger partial charge in [0.25, 0.3) is 6.47 Å². The lowest BCUT2D eigenvalue weighted by Gasteiger charge is -2.14. The van der Waals surface area contributed by atoms with Crippen LogP contribution in [0.25, 0.3) is 27.2 Å². The molecular weight excluding hydrogens is 835 g/mol. The number of aryl methyl sites for hydroxylation is 7. The van der Waals surface area contributed by atoms with E-state index in [1.54, 1.807) is 54.6 Å². The van der Waals surface area contributed by atoms with Gasteiger partial charge in [-0.2, -0.15) is 30.2 Å². The predicted octanol–water partition coefficient (Wildman–Crippen LogP) is 14.4. The highest BCUT2D eigenvalue weighted by Crippen LogP contribution is 2.47. The Morgan fingerprint density at radius 3 is 1.88 bits per heavy atom. The van der Waals surface area contributed by atoms with Crippen molar-refractivity contribution in [1.82, 2.24) is 9.78 Å². The van der Waals surface area contributed by atoms with Crippen molar-refractivity contribution in [3.63, 3.8) is 0 Å². The summed E-state index contributed by atoms with van der Waals surface area (Å²) in [7, 11) is 0. The van der Waals surface area contributed by atoms with Crippen molar-refractivity contribution in [2.75, 3.05) is 5.73 Å². The monoisotopic (exact) mass is 879 g/mol. The fourth-order valence-electron chi connectivity index (χ4n) is 7.68. The van der Waals surface area contributed by atoms with Gasteiger partial charge in [-0.1, -0.05) is 35.9 Å². The minimum Gasteiger partial charge on any atom is -0.505 e. The quantitative estimate of drug-likeness (QED) is 0.0526. The van der Waals surface area contributed by atoms with Crippen molar-refractivity contribution in [2.24, 2.45) is 40.9 Å². The number of phenolic OH excluding ortho intramolecular Hbond substituents is 2. The molecule has 0 aliphatic carbocycles. The van der Waals surface area contributed by atoms with E-state index < -0.39 is 0 Å². The first-order valence-corrected chi connectivity index (χ1v) is 20.8. The van der Waals surface area contributed by atoms with Gasteiger partial charge in [-0.3, -0.25) is 4.79 Å². The maximum atomic E-state index is 11.5. The molecule has 1 heterocycles. The van der Waals surface area contributed by atoms with Gasteiger partial charge in [0.05, 0.1) is 39.5 Å². The molecule has 0 spiro atoms. The van der Waals surface area contributed by atoms with Crippen molar-refractivity contribution >= 4 is 79.2 Å². The molecule has 66 heavy (non-hydrogen) atoms. The van der Waals surface area contributed by atoms with Crippen LogP contribution in [0.15, 0.2) is 138 Å². The fraction of sp³-hybridized carbons (Fsp3) is 0.160. The van der Waals surface area contributed by atoms with E-state index in [1.165, 1.54) is 4.68 Å². The molecule has 0 saturated carbocycles. The largest absolute Gasteiger partial charge is 0.505 e. The minimum atomic E-state index is -0.263. The molecule has 0 amide bonds. The average molecular weight is 880 g/mol. The Balaban J connectivity index is 1.04. The third-order valence-corrected chi connectivity index (χ3v) is 11.3. The summed E-state index contributed by atoms with van der Waals surface area (Å²) in [5.41, 5.74) is 16.9. The molecule has 8 aromatic rings. The number of carbonyl (C=O) groups is 1. The second-order valence-corrected chi connectivity index (χ2v) is 16.0. The molecule has 0 radical (unpaired) electrons. The number of benzene rings is 7. The molecule has 0 aliphatic rings. The van der Waals surface area contributed by atoms with Gasteiger partial charge in [-0.15, -0.1) is 20.5 Å². The Morgan fingerprint density at radius 1 is 0.576 bits per heavy atom. The van der Waals surface area contributed by atoms with Crippen molar-refractivity contribution in [1.29, 1.82) is 0 Å². The molecule has 8 rings (SSSR count). The zero-order valence-corrected chi connectivity index (χ0v) is 37.2. The molecule has 1 aromatic heterocycles. The van der Waals surface area contributed by atoms with Crippen LogP contribution in [0.2, 0.25) is 0 Å². The molecule has 0 bridgehead atoms. The second kappa shape index (κ2) is 18.2. The summed E-state index contributed by atoms with van der Waals surface area (Å²) in [6.45, 7) is 13.4. The lowest BCUT2D eigenvalue weighted by molar-refractivity contribution is -0.129. The lowest BCUT2D eigenvalue weighted by atomic mass is 9.98. The Morgan fingerprint density at radius 2 is 1.18 bits per heavy atom. The van der Waals surface area contributed by atoms with E-state index in [0.29, 0.717) is 73.9 Å². The molecule has 0 aliphatic heterocycles. The zero-order valence-electron chi connectivity index (χ0n) is 37.2. The molecule has 0 atom stereocenters. The van der Waals surface area contributed by atoms with Crippen molar-refractivity contribution in [3.8, 4) is 23.1 Å². The van der Waals surface area contributed by atoms with Crippen LogP contribution in [0.1, 0.15) is 44.6 Å². The van der Waals surface area contributed by atoms with Crippen LogP contribution >= 0.6 is 0 Å². The normalized spacial score (nSPS) is 12.0. The Hall–Kier alpha value is -8.66. The van der Waals surface area contributed by atoms with Gasteiger partial charge in [0.2, 0.25) is 5.88 Å². The lowest BCUT2D eigenvalue weighted by Crippen LogP contribution is -1.97. The molecule has 16 nitrogen and oxygen atoms in total. The number of phenols is 2. The number of nitrogen functional groups attached to an aromatic ring is 1. The number of aromatic hydroxyl groups is 3. The molecular formula is C50H45N11O5. The predicted molar refractivity (Wildman–Crippen MR) is 254 cm³/mol. The maximum Gasteiger partial charge on any atom is 0.293 e. The smallest absolute Gasteiger partial charge is 0.293 e. The van der Waals surface area contributed by atoms with E-state index in [2.05, 4.69) is 46.0 Å². The highest BCUT2D eigenvalue weighted by molar-refractivity contribution is 6.07. The van der Waals surface area contributed by atoms with Gasteiger partial charge in [0.1, 0.15) is 29.4 Å². The molecule has 16 heteroatoms. The summed E-state index contributed by atoms with van der Waals surface area (Å²) in [5.74, 6) is -0.394. The number of hydrogen-bond acceptors (Lipinski definition) is 15. The van der Waals surface area contributed by atoms with Gasteiger partial charge >= 0.3 is 0 Å². The number of nitrogens with zero attached hydrogens (tertiary/aromatic N) is 10. The third kappa shape index (κ3) is 8.54. The molecule has 0 fully saturated rings. The van der Waals surface area contributed by atoms with E-state index in [0.717, 1.165) is 38.6 Å². The van der Waals surface area contributed by atoms with Crippen LogP contribution in [-0.4, -0.2) is 31.6 Å². The van der Waals surface area contributed by atoms with Crippen molar-refractivity contribution < 1.29 is 24.9 Å². The summed E-state index contributed by atoms with van der Waals surface area (Å²) >= 11 is 0. The fourth-order valence-corrected chi connectivity index (χ4v) is 7.68. The summed E-state index contributed by atoms with van der Waals surface area (Å²) in [5, 5.41) is 76.4. The average Bonchev–Trinajstić information content (AvgIpc) is 3.61. The standard InChI is InChI=1S/C50H45N11O5/c1-26-13-16-38(28(3)19-26)53-58-46-30(5)21-36-27(2)23-41(44(51)43(36)49(46)64)56-55-40-18-15-35-37(32(40)7)22-31(6)45(48(35)63)57-52-33-14-17-39(29(4)20-33)54-59-47-42(24-66-25-62)60-61(50(47)65)34-11-9-8-10-12-34/h8-23,25,63-65H,24,51H2,1-7H3. The minimum absolute atomic E-state index is 0.0432. The number of anilines is 1. The number of nitrogens with two attached hydrogens (primary N) is 1. The first-order valence-electron chi connectivity index (χ1n) is 20.8. The summed E-state index contributed by atoms with van der Waals surface area (Å²) in [6, 6.07) is 29.2. The Kier molecular flexibility index (Phi) is 12.1. The number of azo groups is 4. The van der Waals surface area contributed by atoms with Crippen LogP contribution in [-0.2, 0) is 16.1 Å². The number of fused-ring (bicyclic) bond motifs is 2. The SMILES string of the molecule is Cc1ccc(N=Nc2c(C)cc3c(C)cc(N=Nc4ccc5c(O)c(N=Nc6ccc(N=Nc7c(COC=O)nn(-c8ccccc8)c7O)c(C)c6)c(C)cc5c4C)c(N)c3c2O)c(C)c1. The van der Waals surface area contributed by atoms with Gasteiger partial charge < -0.3 is 25.8 Å². The first-order chi connectivity index (χ1) is 31.7. The van der Waals surface area contributed by atoms with Gasteiger partial charge in [0, 0.05) is 5.39 Å². The van der Waals surface area contributed by atoms with Crippen LogP contribution < -0.4 is 5.73 Å². The highest BCUT2D eigenvalue weighted by Gasteiger charge is 2.21. The Bertz CT molecular complexity index is 3360. The molecule has 0 unspecified atom stereocenters. The van der Waals surface area contributed by atoms with Crippen molar-refractivity contribution in [2.45, 2.75) is 55.1 Å². The van der Waals surface area contributed by atoms with E-state index in [9.17, 15) is 20.1 Å². The van der Waals surface area contributed by atoms with Gasteiger partial charge in [-0.05, 0) is 159 Å². The third-order valence-electron chi connectivity index (χ3n) is 11.3. The zero-order chi connectivity index (χ0) is 46.8. The van der Waals surface area contributed by atoms with Crippen LogP contribution in [0.4, 0.5) is 51.2 Å². The Labute approximate surface area is 379 Å². The number of carbonyl (C=O) groups excluding carboxylic acids is 1. The number of rotatable bonds is 12. The molecule has 7 aromatic carbocycles. The molecule has 0 saturated heterocycles. The summed E-state index contributed by atoms with van der Waals surface area (Å²) in [6.07, 6.45) is 0. The molecule has 5 N–H and O–H groups in total. The maximum absolute atomic E-state index is 11.5. The van der Waals surface area contributed by atoms with Crippen LogP contribution in [0.3, 0.4) is 0 Å².